The Morgan fingerprint density at radius 2 is 1.85 bits per heavy atom. The van der Waals surface area contributed by atoms with E-state index in [0.29, 0.717) is 6.54 Å². The summed E-state index contributed by atoms with van der Waals surface area (Å²) in [6.07, 6.45) is 0.629. The zero-order valence-electron chi connectivity index (χ0n) is 16.6. The first kappa shape index (κ1) is 18.3. The molecule has 7 heteroatoms. The van der Waals surface area contributed by atoms with Gasteiger partial charge in [0.1, 0.15) is 18.5 Å². The summed E-state index contributed by atoms with van der Waals surface area (Å²) in [6, 6.07) is 7.95. The fourth-order valence-corrected chi connectivity index (χ4v) is 4.45. The highest BCUT2D eigenvalue weighted by Gasteiger charge is 2.56. The maximum absolute atomic E-state index is 13.2. The topological polar surface area (TPSA) is 59.1 Å². The van der Waals surface area contributed by atoms with Crippen molar-refractivity contribution < 1.29 is 9.59 Å². The Morgan fingerprint density at radius 3 is 2.52 bits per heavy atom. The Kier molecular flexibility index (Phi) is 4.60. The molecule has 1 aromatic carbocycles. The summed E-state index contributed by atoms with van der Waals surface area (Å²) in [5.41, 5.74) is 2.37. The lowest BCUT2D eigenvalue weighted by atomic mass is 10.1. The number of carbonyl (C=O) groups is 2. The fraction of sp³-hybridized carbons (Fsp3) is 0.600. The standard InChI is InChI=1S/C20H29N5O2/c1-13(2)12-25-18(26)16-17(22(4)20(25)27)21-19-23(10-5-11-24(16)19)15-8-6-14(3)7-9-15/h6-9,13,16-17,19,21H,5,10-12H2,1-4H3. The molecule has 3 heterocycles. The van der Waals surface area contributed by atoms with Crippen LogP contribution in [-0.2, 0) is 4.79 Å². The van der Waals surface area contributed by atoms with Gasteiger partial charge < -0.3 is 9.80 Å². The number of carbonyl (C=O) groups excluding carboxylic acids is 2. The molecule has 3 fully saturated rings. The second-order valence-corrected chi connectivity index (χ2v) is 8.29. The summed E-state index contributed by atoms with van der Waals surface area (Å²) < 4.78 is 0. The van der Waals surface area contributed by atoms with Gasteiger partial charge in [0.2, 0.25) is 0 Å². The van der Waals surface area contributed by atoms with Crippen molar-refractivity contribution in [3.63, 3.8) is 0 Å². The maximum atomic E-state index is 13.2. The van der Waals surface area contributed by atoms with E-state index in [2.05, 4.69) is 46.3 Å². The number of likely N-dealkylation sites (N-methyl/N-ethyl adjacent to an activating group) is 1. The van der Waals surface area contributed by atoms with Crippen molar-refractivity contribution >= 4 is 17.6 Å². The number of imide groups is 1. The van der Waals surface area contributed by atoms with E-state index in [0.717, 1.165) is 25.2 Å². The minimum Gasteiger partial charge on any atom is -0.343 e. The first-order valence-corrected chi connectivity index (χ1v) is 9.82. The van der Waals surface area contributed by atoms with E-state index < -0.39 is 0 Å². The summed E-state index contributed by atoms with van der Waals surface area (Å²) in [5, 5.41) is 3.55. The van der Waals surface area contributed by atoms with E-state index in [1.807, 2.05) is 13.8 Å². The van der Waals surface area contributed by atoms with Crippen molar-refractivity contribution in [3.05, 3.63) is 29.8 Å². The van der Waals surface area contributed by atoms with Crippen LogP contribution in [-0.4, -0.2) is 71.8 Å². The summed E-state index contributed by atoms with van der Waals surface area (Å²) in [7, 11) is 1.79. The first-order chi connectivity index (χ1) is 12.9. The van der Waals surface area contributed by atoms with Gasteiger partial charge in [0, 0.05) is 32.4 Å². The number of hydrogen-bond acceptors (Lipinski definition) is 5. The van der Waals surface area contributed by atoms with Gasteiger partial charge in [-0.25, -0.2) is 4.79 Å². The van der Waals surface area contributed by atoms with Gasteiger partial charge in [-0.3, -0.25) is 19.9 Å². The average Bonchev–Trinajstić information content (AvgIpc) is 3.04. The summed E-state index contributed by atoms with van der Waals surface area (Å²) in [6.45, 7) is 8.38. The predicted octanol–water partition coefficient (Wildman–Crippen LogP) is 1.64. The molecule has 3 amide bonds. The third-order valence-corrected chi connectivity index (χ3v) is 5.78. The number of rotatable bonds is 3. The van der Waals surface area contributed by atoms with Gasteiger partial charge in [-0.1, -0.05) is 31.5 Å². The van der Waals surface area contributed by atoms with Crippen LogP contribution in [0.25, 0.3) is 0 Å². The minimum atomic E-state index is -0.329. The number of anilines is 1. The molecule has 3 atom stereocenters. The van der Waals surface area contributed by atoms with Gasteiger partial charge in [-0.05, 0) is 31.4 Å². The number of aryl methyl sites for hydroxylation is 1. The van der Waals surface area contributed by atoms with Crippen LogP contribution >= 0.6 is 0 Å². The van der Waals surface area contributed by atoms with Crippen molar-refractivity contribution in [1.29, 1.82) is 0 Å². The molecule has 0 saturated carbocycles. The van der Waals surface area contributed by atoms with Gasteiger partial charge in [0.05, 0.1) is 0 Å². The van der Waals surface area contributed by atoms with E-state index in [1.165, 1.54) is 10.5 Å². The molecule has 7 nitrogen and oxygen atoms in total. The SMILES string of the molecule is Cc1ccc(N2CCCN3C4C(=O)N(CC(C)C)C(=O)N(C)C4NC23)cc1. The number of hydrogen-bond donors (Lipinski definition) is 1. The molecule has 1 N–H and O–H groups in total. The van der Waals surface area contributed by atoms with Crippen molar-refractivity contribution in [1.82, 2.24) is 20.0 Å². The third-order valence-electron chi connectivity index (χ3n) is 5.78. The van der Waals surface area contributed by atoms with E-state index in [4.69, 9.17) is 0 Å². The highest BCUT2D eigenvalue weighted by molar-refractivity contribution is 6.00. The van der Waals surface area contributed by atoms with Crippen LogP contribution in [0.15, 0.2) is 24.3 Å². The third kappa shape index (κ3) is 2.99. The number of amides is 3. The Bertz CT molecular complexity index is 734. The fourth-order valence-electron chi connectivity index (χ4n) is 4.45. The van der Waals surface area contributed by atoms with Gasteiger partial charge in [0.15, 0.2) is 0 Å². The lowest BCUT2D eigenvalue weighted by Crippen LogP contribution is -2.66. The van der Waals surface area contributed by atoms with Crippen LogP contribution in [0.2, 0.25) is 0 Å². The average molecular weight is 371 g/mol. The highest BCUT2D eigenvalue weighted by Crippen LogP contribution is 2.33. The van der Waals surface area contributed by atoms with Crippen molar-refractivity contribution in [2.45, 2.75) is 45.7 Å². The zero-order chi connectivity index (χ0) is 19.3. The van der Waals surface area contributed by atoms with Crippen LogP contribution in [0, 0.1) is 12.8 Å². The number of urea groups is 1. The van der Waals surface area contributed by atoms with Gasteiger partial charge in [-0.15, -0.1) is 0 Å². The second-order valence-electron chi connectivity index (χ2n) is 8.29. The molecule has 146 valence electrons. The molecular weight excluding hydrogens is 342 g/mol. The van der Waals surface area contributed by atoms with Crippen LogP contribution in [0.5, 0.6) is 0 Å². The number of nitrogens with one attached hydrogen (secondary N) is 1. The van der Waals surface area contributed by atoms with Gasteiger partial charge >= 0.3 is 6.03 Å². The molecule has 27 heavy (non-hydrogen) atoms. The molecule has 3 aliphatic rings. The van der Waals surface area contributed by atoms with Crippen molar-refractivity contribution in [2.24, 2.45) is 5.92 Å². The minimum absolute atomic E-state index is 0.0717. The smallest absolute Gasteiger partial charge is 0.327 e. The number of fused-ring (bicyclic) bond motifs is 3. The molecule has 3 saturated heterocycles. The quantitative estimate of drug-likeness (QED) is 0.875. The van der Waals surface area contributed by atoms with Crippen LogP contribution < -0.4 is 10.2 Å². The van der Waals surface area contributed by atoms with Gasteiger partial charge in [0.25, 0.3) is 5.91 Å². The van der Waals surface area contributed by atoms with E-state index in [-0.39, 0.29) is 36.4 Å². The number of benzene rings is 1. The Balaban J connectivity index is 1.64. The lowest BCUT2D eigenvalue weighted by Gasteiger charge is -2.44. The van der Waals surface area contributed by atoms with Crippen molar-refractivity contribution in [2.75, 3.05) is 31.6 Å². The summed E-state index contributed by atoms with van der Waals surface area (Å²) in [4.78, 5) is 33.6. The van der Waals surface area contributed by atoms with Crippen molar-refractivity contribution in [3.8, 4) is 0 Å². The van der Waals surface area contributed by atoms with Crippen LogP contribution in [0.3, 0.4) is 0 Å². The first-order valence-electron chi connectivity index (χ1n) is 9.82. The van der Waals surface area contributed by atoms with Gasteiger partial charge in [-0.2, -0.15) is 0 Å². The molecule has 0 radical (unpaired) electrons. The largest absolute Gasteiger partial charge is 0.343 e. The van der Waals surface area contributed by atoms with E-state index in [9.17, 15) is 9.59 Å². The summed E-state index contributed by atoms with van der Waals surface area (Å²) in [5.74, 6) is 0.177. The molecular formula is C20H29N5O2. The molecule has 4 rings (SSSR count). The normalized spacial score (nSPS) is 28.8. The van der Waals surface area contributed by atoms with E-state index >= 15 is 0 Å². The second kappa shape index (κ2) is 6.80. The Labute approximate surface area is 160 Å². The molecule has 0 bridgehead atoms. The Morgan fingerprint density at radius 1 is 1.15 bits per heavy atom. The highest BCUT2D eigenvalue weighted by atomic mass is 16.2. The zero-order valence-corrected chi connectivity index (χ0v) is 16.6. The van der Waals surface area contributed by atoms with Crippen LogP contribution in [0.4, 0.5) is 10.5 Å². The molecule has 3 aliphatic heterocycles. The summed E-state index contributed by atoms with van der Waals surface area (Å²) >= 11 is 0. The molecule has 0 spiro atoms. The Hall–Kier alpha value is -2.12. The predicted molar refractivity (Wildman–Crippen MR) is 104 cm³/mol. The molecule has 3 unspecified atom stereocenters. The lowest BCUT2D eigenvalue weighted by molar-refractivity contribution is -0.139. The monoisotopic (exact) mass is 371 g/mol. The van der Waals surface area contributed by atoms with E-state index in [1.54, 1.807) is 11.9 Å². The maximum Gasteiger partial charge on any atom is 0.327 e. The van der Waals surface area contributed by atoms with Crippen LogP contribution in [0.1, 0.15) is 25.8 Å². The molecule has 1 aromatic rings. The number of nitrogens with zero attached hydrogens (tertiary/aromatic N) is 4. The molecule has 0 aromatic heterocycles. The molecule has 0 aliphatic carbocycles.